The number of carbonyl (C=O) groups excluding carboxylic acids is 2. The number of aromatic nitrogens is 4. The van der Waals surface area contributed by atoms with Crippen LogP contribution in [0.2, 0.25) is 0 Å². The SMILES string of the molecule is Cc1ccc(C)c(N(C(=O)Cn2nnc(-c3cccs3)n2)[C@H](C(=O)NC2CC2)c2ccc(C)o2)c1. The molecule has 0 unspecified atom stereocenters. The summed E-state index contributed by atoms with van der Waals surface area (Å²) in [5.41, 5.74) is 2.47. The quantitative estimate of drug-likeness (QED) is 0.401. The zero-order valence-electron chi connectivity index (χ0n) is 19.8. The van der Waals surface area contributed by atoms with Gasteiger partial charge in [0.1, 0.15) is 18.1 Å². The number of nitrogens with one attached hydrogen (secondary N) is 1. The molecule has 1 aromatic carbocycles. The first-order valence-electron chi connectivity index (χ1n) is 11.5. The van der Waals surface area contributed by atoms with Gasteiger partial charge in [0.15, 0.2) is 6.04 Å². The Hall–Kier alpha value is -3.79. The standard InChI is InChI=1S/C25H26N6O3S/c1-15-6-7-16(2)19(13-15)31(22(32)14-30-28-24(27-29-30)21-5-4-12-35-21)23(20-11-8-17(3)34-20)25(33)26-18-9-10-18/h4-8,11-13,18,23H,9-10,14H2,1-3H3,(H,26,33)/t23-/m0/s1. The normalized spacial score (nSPS) is 14.0. The first-order valence-corrected chi connectivity index (χ1v) is 12.3. The van der Waals surface area contributed by atoms with E-state index in [2.05, 4.69) is 20.7 Å². The average Bonchev–Trinajstić information content (AvgIpc) is 3.22. The second-order valence-electron chi connectivity index (χ2n) is 8.81. The number of carbonyl (C=O) groups is 2. The van der Waals surface area contributed by atoms with Crippen molar-refractivity contribution >= 4 is 28.8 Å². The number of nitrogens with zero attached hydrogens (tertiary/aromatic N) is 5. The Morgan fingerprint density at radius 1 is 1.20 bits per heavy atom. The van der Waals surface area contributed by atoms with Gasteiger partial charge in [0, 0.05) is 11.7 Å². The summed E-state index contributed by atoms with van der Waals surface area (Å²) in [7, 11) is 0. The first kappa shape index (κ1) is 23.0. The van der Waals surface area contributed by atoms with Crippen LogP contribution in [0.1, 0.15) is 41.5 Å². The Balaban J connectivity index is 1.54. The van der Waals surface area contributed by atoms with Crippen molar-refractivity contribution in [2.45, 2.75) is 52.2 Å². The van der Waals surface area contributed by atoms with Crippen LogP contribution in [0.15, 0.2) is 52.3 Å². The van der Waals surface area contributed by atoms with Crippen LogP contribution in [0.5, 0.6) is 0 Å². The number of anilines is 1. The predicted octanol–water partition coefficient (Wildman–Crippen LogP) is 3.97. The lowest BCUT2D eigenvalue weighted by Gasteiger charge is -2.31. The third-order valence-electron chi connectivity index (χ3n) is 5.82. The number of rotatable bonds is 8. The number of benzene rings is 1. The van der Waals surface area contributed by atoms with Crippen LogP contribution in [-0.4, -0.2) is 38.1 Å². The number of thiophene rings is 1. The predicted molar refractivity (Wildman–Crippen MR) is 132 cm³/mol. The van der Waals surface area contributed by atoms with E-state index < -0.39 is 6.04 Å². The molecule has 2 amide bonds. The fourth-order valence-electron chi connectivity index (χ4n) is 3.89. The highest BCUT2D eigenvalue weighted by molar-refractivity contribution is 7.13. The summed E-state index contributed by atoms with van der Waals surface area (Å²) in [6.07, 6.45) is 1.86. The topological polar surface area (TPSA) is 106 Å². The molecule has 1 saturated carbocycles. The van der Waals surface area contributed by atoms with E-state index >= 15 is 0 Å². The Morgan fingerprint density at radius 2 is 2.03 bits per heavy atom. The van der Waals surface area contributed by atoms with E-state index in [0.29, 0.717) is 23.0 Å². The molecule has 1 fully saturated rings. The summed E-state index contributed by atoms with van der Waals surface area (Å²) in [5.74, 6) is 0.897. The third kappa shape index (κ3) is 5.02. The lowest BCUT2D eigenvalue weighted by Crippen LogP contribution is -2.46. The molecule has 1 atom stereocenters. The lowest BCUT2D eigenvalue weighted by molar-refractivity contribution is -0.127. The molecule has 4 aromatic rings. The summed E-state index contributed by atoms with van der Waals surface area (Å²) in [6, 6.07) is 12.3. The first-order chi connectivity index (χ1) is 16.9. The van der Waals surface area contributed by atoms with Crippen molar-refractivity contribution in [1.29, 1.82) is 0 Å². The van der Waals surface area contributed by atoms with E-state index in [0.717, 1.165) is 28.8 Å². The van der Waals surface area contributed by atoms with Crippen LogP contribution in [-0.2, 0) is 16.1 Å². The minimum Gasteiger partial charge on any atom is -0.464 e. The van der Waals surface area contributed by atoms with Crippen molar-refractivity contribution in [2.75, 3.05) is 4.90 Å². The molecule has 3 aromatic heterocycles. The van der Waals surface area contributed by atoms with Crippen LogP contribution in [0.25, 0.3) is 10.7 Å². The van der Waals surface area contributed by atoms with Gasteiger partial charge in [-0.15, -0.1) is 21.5 Å². The van der Waals surface area contributed by atoms with E-state index in [-0.39, 0.29) is 24.4 Å². The Labute approximate surface area is 206 Å². The molecule has 10 heteroatoms. The third-order valence-corrected chi connectivity index (χ3v) is 6.69. The molecule has 0 aliphatic heterocycles. The largest absolute Gasteiger partial charge is 0.464 e. The zero-order chi connectivity index (χ0) is 24.5. The monoisotopic (exact) mass is 490 g/mol. The van der Waals surface area contributed by atoms with Crippen molar-refractivity contribution in [2.24, 2.45) is 0 Å². The Bertz CT molecular complexity index is 1360. The maximum atomic E-state index is 13.9. The van der Waals surface area contributed by atoms with Gasteiger partial charge in [-0.05, 0) is 79.6 Å². The lowest BCUT2D eigenvalue weighted by atomic mass is 10.1. The second kappa shape index (κ2) is 9.46. The van der Waals surface area contributed by atoms with Gasteiger partial charge in [-0.25, -0.2) is 0 Å². The van der Waals surface area contributed by atoms with E-state index in [1.165, 1.54) is 21.0 Å². The molecular formula is C25H26N6O3S. The van der Waals surface area contributed by atoms with Crippen LogP contribution in [0.3, 0.4) is 0 Å². The van der Waals surface area contributed by atoms with E-state index in [4.69, 9.17) is 4.42 Å². The van der Waals surface area contributed by atoms with Gasteiger partial charge in [0.25, 0.3) is 11.8 Å². The van der Waals surface area contributed by atoms with Crippen LogP contribution in [0.4, 0.5) is 5.69 Å². The Kier molecular flexibility index (Phi) is 6.21. The minimum atomic E-state index is -0.974. The van der Waals surface area contributed by atoms with Gasteiger partial charge in [-0.1, -0.05) is 18.2 Å². The van der Waals surface area contributed by atoms with Crippen LogP contribution >= 0.6 is 11.3 Å². The van der Waals surface area contributed by atoms with Gasteiger partial charge < -0.3 is 9.73 Å². The van der Waals surface area contributed by atoms with Gasteiger partial charge in [-0.2, -0.15) is 4.80 Å². The summed E-state index contributed by atoms with van der Waals surface area (Å²) < 4.78 is 5.89. The summed E-state index contributed by atoms with van der Waals surface area (Å²) in [4.78, 5) is 31.0. The molecule has 9 nitrogen and oxygen atoms in total. The molecule has 3 heterocycles. The summed E-state index contributed by atoms with van der Waals surface area (Å²) >= 11 is 1.50. The summed E-state index contributed by atoms with van der Waals surface area (Å²) in [5, 5.41) is 17.5. The van der Waals surface area contributed by atoms with Crippen molar-refractivity contribution < 1.29 is 14.0 Å². The maximum Gasteiger partial charge on any atom is 0.251 e. The molecule has 1 N–H and O–H groups in total. The number of aryl methyl sites for hydroxylation is 3. The van der Waals surface area contributed by atoms with Crippen molar-refractivity contribution in [3.63, 3.8) is 0 Å². The van der Waals surface area contributed by atoms with Gasteiger partial charge in [0.2, 0.25) is 5.82 Å². The molecular weight excluding hydrogens is 464 g/mol. The van der Waals surface area contributed by atoms with E-state index in [1.807, 2.05) is 56.5 Å². The van der Waals surface area contributed by atoms with Crippen molar-refractivity contribution in [3.05, 3.63) is 70.5 Å². The molecule has 35 heavy (non-hydrogen) atoms. The average molecular weight is 491 g/mol. The maximum absolute atomic E-state index is 13.9. The highest BCUT2D eigenvalue weighted by Crippen LogP contribution is 2.33. The number of hydrogen-bond donors (Lipinski definition) is 1. The number of tetrazole rings is 1. The molecule has 0 spiro atoms. The number of hydrogen-bond acceptors (Lipinski definition) is 7. The summed E-state index contributed by atoms with van der Waals surface area (Å²) in [6.45, 7) is 5.50. The molecule has 0 saturated heterocycles. The van der Waals surface area contributed by atoms with Crippen LogP contribution < -0.4 is 10.2 Å². The molecule has 0 radical (unpaired) electrons. The highest BCUT2D eigenvalue weighted by atomic mass is 32.1. The minimum absolute atomic E-state index is 0.127. The van der Waals surface area contributed by atoms with Crippen molar-refractivity contribution in [1.82, 2.24) is 25.5 Å². The Morgan fingerprint density at radius 3 is 2.71 bits per heavy atom. The molecule has 1 aliphatic rings. The zero-order valence-corrected chi connectivity index (χ0v) is 20.6. The fraction of sp³-hybridized carbons (Fsp3) is 0.320. The van der Waals surface area contributed by atoms with E-state index in [9.17, 15) is 9.59 Å². The van der Waals surface area contributed by atoms with Gasteiger partial charge >= 0.3 is 0 Å². The number of furan rings is 1. The van der Waals surface area contributed by atoms with Gasteiger partial charge in [0.05, 0.1) is 4.88 Å². The van der Waals surface area contributed by atoms with Gasteiger partial charge in [-0.3, -0.25) is 14.5 Å². The molecule has 0 bridgehead atoms. The highest BCUT2D eigenvalue weighted by Gasteiger charge is 2.38. The molecule has 1 aliphatic carbocycles. The molecule has 180 valence electrons. The number of amides is 2. The fourth-order valence-corrected chi connectivity index (χ4v) is 4.54. The van der Waals surface area contributed by atoms with Crippen molar-refractivity contribution in [3.8, 4) is 10.7 Å². The van der Waals surface area contributed by atoms with Crippen LogP contribution in [0, 0.1) is 20.8 Å². The molecule has 5 rings (SSSR count). The van der Waals surface area contributed by atoms with E-state index in [1.54, 1.807) is 12.1 Å². The smallest absolute Gasteiger partial charge is 0.251 e. The second-order valence-corrected chi connectivity index (χ2v) is 9.76.